The van der Waals surface area contributed by atoms with Crippen LogP contribution in [0.5, 0.6) is 0 Å². The molecule has 4 aromatic carbocycles. The second-order valence-corrected chi connectivity index (χ2v) is 59.3. The van der Waals surface area contributed by atoms with Crippen LogP contribution in [-0.4, -0.2) is 6.22 Å². The molecule has 226 valence electrons. The summed E-state index contributed by atoms with van der Waals surface area (Å²) in [6.45, 7) is 11.5. The van der Waals surface area contributed by atoms with Crippen molar-refractivity contribution in [1.82, 2.24) is 0 Å². The molecule has 0 radical (unpaired) electrons. The summed E-state index contributed by atoms with van der Waals surface area (Å²) in [6, 6.07) is 34.3. The quantitative estimate of drug-likeness (QED) is 0.118. The Labute approximate surface area is 268 Å². The molecule has 2 heteroatoms. The summed E-state index contributed by atoms with van der Waals surface area (Å²) < 4.78 is 6.87. The molecule has 2 aliphatic rings. The number of benzene rings is 4. The first-order valence-electron chi connectivity index (χ1n) is 17.0. The van der Waals surface area contributed by atoms with E-state index in [1.807, 2.05) is 0 Å². The summed E-state index contributed by atoms with van der Waals surface area (Å²) in [5, 5.41) is 0. The third-order valence-electron chi connectivity index (χ3n) is 10.9. The average molecular weight is 761 g/mol. The Morgan fingerprint density at radius 3 is 1.52 bits per heavy atom. The van der Waals surface area contributed by atoms with Crippen LogP contribution in [0, 0.1) is 0 Å². The minimum atomic E-state index is -3.69. The van der Waals surface area contributed by atoms with E-state index in [1.165, 1.54) is 63.4 Å². The summed E-state index contributed by atoms with van der Waals surface area (Å²) in [6.07, 6.45) is 13.4. The van der Waals surface area contributed by atoms with Crippen molar-refractivity contribution in [3.05, 3.63) is 130 Å². The number of allylic oxidation sites excluding steroid dienone is 2. The van der Waals surface area contributed by atoms with Gasteiger partial charge in [-0.1, -0.05) is 0 Å². The summed E-state index contributed by atoms with van der Waals surface area (Å²) in [7, 11) is 0. The molecule has 0 fully saturated rings. The Kier molecular flexibility index (Phi) is 8.81. The van der Waals surface area contributed by atoms with Crippen LogP contribution in [-0.2, 0) is 17.1 Å². The third kappa shape index (κ3) is 5.56. The SMILES string of the molecule is CCCC[SiH]=[Hf]([CH3])([CH3])([CH]1C=Cc2c(-c3cccc(C(C)C)c3)cccc21)[CH]1C=Cc2c(-c3cccc(C(C)C)c3)cccc21. The van der Waals surface area contributed by atoms with Gasteiger partial charge in [-0.05, 0) is 0 Å². The Hall–Kier alpha value is -2.55. The normalized spacial score (nSPS) is 17.4. The van der Waals surface area contributed by atoms with Gasteiger partial charge in [-0.3, -0.25) is 0 Å². The summed E-state index contributed by atoms with van der Waals surface area (Å²) in [4.78, 5) is 0. The number of rotatable bonds is 9. The number of hydrogen-bond acceptors (Lipinski definition) is 0. The van der Waals surface area contributed by atoms with E-state index >= 15 is 0 Å². The van der Waals surface area contributed by atoms with Crippen LogP contribution in [0.4, 0.5) is 0 Å². The van der Waals surface area contributed by atoms with Crippen molar-refractivity contribution in [2.45, 2.75) is 82.0 Å². The molecule has 2 unspecified atom stereocenters. The molecule has 2 atom stereocenters. The van der Waals surface area contributed by atoms with Gasteiger partial charge < -0.3 is 0 Å². The second-order valence-electron chi connectivity index (χ2n) is 14.9. The van der Waals surface area contributed by atoms with E-state index in [9.17, 15) is 0 Å². The molecule has 0 nitrogen and oxygen atoms in total. The Bertz CT molecular complexity index is 1700. The number of unbranched alkanes of at least 4 members (excludes halogenated alkanes) is 1. The molecule has 0 amide bonds. The Morgan fingerprint density at radius 1 is 0.636 bits per heavy atom. The molecule has 0 saturated carbocycles. The van der Waals surface area contributed by atoms with E-state index in [2.05, 4.69) is 153 Å². The predicted octanol–water partition coefficient (Wildman–Crippen LogP) is 12.5. The first kappa shape index (κ1) is 31.4. The van der Waals surface area contributed by atoms with Crippen LogP contribution < -0.4 is 0 Å². The summed E-state index contributed by atoms with van der Waals surface area (Å²) >= 11 is -3.69. The fourth-order valence-corrected chi connectivity index (χ4v) is 47.7. The zero-order valence-electron chi connectivity index (χ0n) is 27.9. The van der Waals surface area contributed by atoms with Gasteiger partial charge in [0, 0.05) is 0 Å². The van der Waals surface area contributed by atoms with Gasteiger partial charge in [0.25, 0.3) is 0 Å². The first-order chi connectivity index (χ1) is 21.1. The number of fused-ring (bicyclic) bond motifs is 2. The molecule has 44 heavy (non-hydrogen) atoms. The van der Waals surface area contributed by atoms with Gasteiger partial charge in [0.05, 0.1) is 0 Å². The fourth-order valence-electron chi connectivity index (χ4n) is 8.10. The van der Waals surface area contributed by atoms with E-state index < -0.39 is 17.1 Å². The molecular weight excluding hydrogens is 711 g/mol. The van der Waals surface area contributed by atoms with Crippen LogP contribution in [0.15, 0.2) is 97.1 Å². The molecule has 0 aromatic heterocycles. The maximum absolute atomic E-state index is 3.69. The maximum atomic E-state index is 2.86. The monoisotopic (exact) mass is 762 g/mol. The minimum absolute atomic E-state index is 0.388. The zero-order valence-corrected chi connectivity index (χ0v) is 32.6. The van der Waals surface area contributed by atoms with Crippen LogP contribution in [0.2, 0.25) is 15.4 Å². The van der Waals surface area contributed by atoms with Crippen LogP contribution in [0.25, 0.3) is 34.4 Å². The van der Waals surface area contributed by atoms with Gasteiger partial charge in [-0.2, -0.15) is 0 Å². The standard InChI is InChI=1S/2C18H17.C4H10Si.2CH3.Hf/c2*1-13(2)15-8-3-9-16(12-15)18-11-5-7-14-6-4-10-17(14)18;1-2-3-4-5;;;/h2*3-13H,1-2H3;5H,2-4H2,1H3;2*1H3;. The predicted molar refractivity (Wildman–Crippen MR) is 194 cm³/mol. The molecule has 0 spiro atoms. The molecule has 0 N–H and O–H groups in total. The third-order valence-corrected chi connectivity index (χ3v) is 53.5. The molecule has 2 aliphatic carbocycles. The molecule has 4 aromatic rings. The van der Waals surface area contributed by atoms with Gasteiger partial charge in [-0.25, -0.2) is 0 Å². The molecule has 6 rings (SSSR count). The van der Waals surface area contributed by atoms with E-state index in [1.54, 1.807) is 11.1 Å². The van der Waals surface area contributed by atoms with E-state index in [0.717, 1.165) is 0 Å². The summed E-state index contributed by atoms with van der Waals surface area (Å²) in [5.41, 5.74) is 14.5. The van der Waals surface area contributed by atoms with Gasteiger partial charge in [0.15, 0.2) is 0 Å². The average Bonchev–Trinajstić information content (AvgIpc) is 3.68. The van der Waals surface area contributed by atoms with Crippen molar-refractivity contribution in [3.63, 3.8) is 0 Å². The van der Waals surface area contributed by atoms with Gasteiger partial charge >= 0.3 is 270 Å². The zero-order chi connectivity index (χ0) is 31.1. The summed E-state index contributed by atoms with van der Waals surface area (Å²) in [5.74, 6) is 1.06. The Morgan fingerprint density at radius 2 is 1.09 bits per heavy atom. The van der Waals surface area contributed by atoms with Crippen LogP contribution in [0.1, 0.15) is 100 Å². The molecule has 0 aliphatic heterocycles. The molecule has 0 saturated heterocycles. The van der Waals surface area contributed by atoms with Crippen molar-refractivity contribution in [2.24, 2.45) is 0 Å². The van der Waals surface area contributed by atoms with E-state index in [0.29, 0.717) is 25.4 Å². The van der Waals surface area contributed by atoms with Crippen LogP contribution in [0.3, 0.4) is 0 Å². The Balaban J connectivity index is 1.48. The number of hydrogen-bond donors (Lipinski definition) is 0. The van der Waals surface area contributed by atoms with E-state index in [4.69, 9.17) is 0 Å². The van der Waals surface area contributed by atoms with Gasteiger partial charge in [-0.15, -0.1) is 0 Å². The fraction of sp³-hybridized carbons (Fsp3) is 0.333. The topological polar surface area (TPSA) is 0 Å². The van der Waals surface area contributed by atoms with Crippen LogP contribution >= 0.6 is 0 Å². The van der Waals surface area contributed by atoms with Gasteiger partial charge in [0.2, 0.25) is 0 Å². The van der Waals surface area contributed by atoms with Crippen molar-refractivity contribution in [1.29, 1.82) is 0 Å². The second kappa shape index (κ2) is 12.3. The van der Waals surface area contributed by atoms with Crippen molar-refractivity contribution in [3.8, 4) is 22.3 Å². The van der Waals surface area contributed by atoms with E-state index in [-0.39, 0.29) is 0 Å². The van der Waals surface area contributed by atoms with Gasteiger partial charge in [0.1, 0.15) is 0 Å². The van der Waals surface area contributed by atoms with Crippen molar-refractivity contribution < 1.29 is 17.1 Å². The van der Waals surface area contributed by atoms with Crippen molar-refractivity contribution >= 4 is 18.4 Å². The molecule has 0 heterocycles. The van der Waals surface area contributed by atoms with Crippen molar-refractivity contribution in [2.75, 3.05) is 0 Å². The molecule has 0 bridgehead atoms. The first-order valence-corrected chi connectivity index (χ1v) is 35.9. The molecular formula is C42H50HfSi.